The van der Waals surface area contributed by atoms with Gasteiger partial charge in [-0.05, 0) is 74.2 Å². The molecule has 0 bridgehead atoms. The van der Waals surface area contributed by atoms with Crippen LogP contribution in [0.2, 0.25) is 0 Å². The lowest BCUT2D eigenvalue weighted by molar-refractivity contribution is -0.146. The Hall–Kier alpha value is -4.13. The zero-order chi connectivity index (χ0) is 25.8. The molecule has 0 fully saturated rings. The zero-order valence-electron chi connectivity index (χ0n) is 20.6. The lowest BCUT2D eigenvalue weighted by atomic mass is 9.85. The standard InChI is InChI=1S/C28H30N2O5/c1-17-6-12-22(14-18(17)2)29-27(34)30-23-13-11-21(15-25(23)35-5)19-7-9-20(10-8-19)24(31)16-28(3,4)26(32)33/h6-15H,16H2,1-5H3,(H,32,33)(H2,29,30,34). The van der Waals surface area contributed by atoms with Crippen molar-refractivity contribution in [2.75, 3.05) is 17.7 Å². The van der Waals surface area contributed by atoms with Gasteiger partial charge < -0.3 is 20.5 Å². The molecule has 182 valence electrons. The Morgan fingerprint density at radius 1 is 0.857 bits per heavy atom. The highest BCUT2D eigenvalue weighted by atomic mass is 16.5. The number of nitrogens with one attached hydrogen (secondary N) is 2. The SMILES string of the molecule is COc1cc(-c2ccc(C(=O)CC(C)(C)C(=O)O)cc2)ccc1NC(=O)Nc1ccc(C)c(C)c1. The van der Waals surface area contributed by atoms with Gasteiger partial charge in [-0.3, -0.25) is 9.59 Å². The van der Waals surface area contributed by atoms with Gasteiger partial charge in [0.25, 0.3) is 0 Å². The van der Waals surface area contributed by atoms with E-state index in [2.05, 4.69) is 10.6 Å². The summed E-state index contributed by atoms with van der Waals surface area (Å²) in [6.45, 7) is 7.06. The minimum Gasteiger partial charge on any atom is -0.495 e. The lowest BCUT2D eigenvalue weighted by Gasteiger charge is -2.17. The van der Waals surface area contributed by atoms with E-state index >= 15 is 0 Å². The van der Waals surface area contributed by atoms with Crippen LogP contribution >= 0.6 is 0 Å². The third-order valence-corrected chi connectivity index (χ3v) is 5.94. The summed E-state index contributed by atoms with van der Waals surface area (Å²) in [5.41, 5.74) is 4.46. The summed E-state index contributed by atoms with van der Waals surface area (Å²) in [5.74, 6) is -0.747. The summed E-state index contributed by atoms with van der Waals surface area (Å²) in [6.07, 6.45) is -0.0832. The number of benzene rings is 3. The van der Waals surface area contributed by atoms with E-state index in [1.165, 1.54) is 21.0 Å². The molecular weight excluding hydrogens is 444 g/mol. The van der Waals surface area contributed by atoms with Crippen molar-refractivity contribution in [3.05, 3.63) is 77.4 Å². The molecule has 0 unspecified atom stereocenters. The van der Waals surface area contributed by atoms with Crippen molar-refractivity contribution >= 4 is 29.2 Å². The van der Waals surface area contributed by atoms with Gasteiger partial charge in [0, 0.05) is 17.7 Å². The van der Waals surface area contributed by atoms with Crippen LogP contribution in [0.5, 0.6) is 5.75 Å². The molecular formula is C28H30N2O5. The number of Topliss-reactive ketones (excluding diaryl/α,β-unsaturated/α-hetero) is 1. The van der Waals surface area contributed by atoms with Crippen molar-refractivity contribution in [1.29, 1.82) is 0 Å². The smallest absolute Gasteiger partial charge is 0.323 e. The largest absolute Gasteiger partial charge is 0.495 e. The lowest BCUT2D eigenvalue weighted by Crippen LogP contribution is -2.26. The number of ketones is 1. The third kappa shape index (κ3) is 6.26. The second-order valence-corrected chi connectivity index (χ2v) is 9.16. The summed E-state index contributed by atoms with van der Waals surface area (Å²) >= 11 is 0. The number of ether oxygens (including phenoxy) is 1. The highest BCUT2D eigenvalue weighted by Gasteiger charge is 2.30. The maximum Gasteiger partial charge on any atom is 0.323 e. The summed E-state index contributed by atoms with van der Waals surface area (Å²) < 4.78 is 5.48. The minimum atomic E-state index is -1.13. The first-order valence-electron chi connectivity index (χ1n) is 11.2. The highest BCUT2D eigenvalue weighted by molar-refractivity contribution is 6.01. The van der Waals surface area contributed by atoms with E-state index in [-0.39, 0.29) is 18.2 Å². The number of carbonyl (C=O) groups is 3. The first-order chi connectivity index (χ1) is 16.5. The second kappa shape index (κ2) is 10.4. The quantitative estimate of drug-likeness (QED) is 0.332. The van der Waals surface area contributed by atoms with E-state index < -0.39 is 11.4 Å². The van der Waals surface area contributed by atoms with Gasteiger partial charge in [0.1, 0.15) is 5.75 Å². The van der Waals surface area contributed by atoms with E-state index in [1.54, 1.807) is 36.4 Å². The van der Waals surface area contributed by atoms with Gasteiger partial charge in [0.05, 0.1) is 18.2 Å². The van der Waals surface area contributed by atoms with Crippen molar-refractivity contribution in [3.63, 3.8) is 0 Å². The topological polar surface area (TPSA) is 105 Å². The van der Waals surface area contributed by atoms with Crippen LogP contribution < -0.4 is 15.4 Å². The number of hydrogen-bond donors (Lipinski definition) is 3. The first-order valence-corrected chi connectivity index (χ1v) is 11.2. The molecule has 0 aromatic heterocycles. The fourth-order valence-corrected chi connectivity index (χ4v) is 3.51. The number of carbonyl (C=O) groups excluding carboxylic acids is 2. The molecule has 0 aliphatic carbocycles. The van der Waals surface area contributed by atoms with E-state index in [9.17, 15) is 19.5 Å². The summed E-state index contributed by atoms with van der Waals surface area (Å²) in [6, 6.07) is 17.7. The number of aliphatic carboxylic acids is 1. The van der Waals surface area contributed by atoms with Gasteiger partial charge in [-0.15, -0.1) is 0 Å². The first kappa shape index (κ1) is 25.5. The molecule has 0 aliphatic rings. The Balaban J connectivity index is 1.72. The molecule has 3 aromatic carbocycles. The molecule has 0 atom stereocenters. The fraction of sp³-hybridized carbons (Fsp3) is 0.250. The van der Waals surface area contributed by atoms with Crippen LogP contribution in [0.4, 0.5) is 16.2 Å². The van der Waals surface area contributed by atoms with Crippen LogP contribution in [0.1, 0.15) is 41.8 Å². The van der Waals surface area contributed by atoms with Crippen LogP contribution in [-0.4, -0.2) is 30.0 Å². The maximum atomic E-state index is 12.5. The number of aryl methyl sites for hydroxylation is 2. The number of rotatable bonds is 8. The highest BCUT2D eigenvalue weighted by Crippen LogP contribution is 2.32. The Bertz CT molecular complexity index is 1260. The van der Waals surface area contributed by atoms with E-state index in [1.807, 2.05) is 38.1 Å². The van der Waals surface area contributed by atoms with Gasteiger partial charge in [-0.1, -0.05) is 36.4 Å². The van der Waals surface area contributed by atoms with Crippen LogP contribution in [0, 0.1) is 19.3 Å². The molecule has 0 saturated heterocycles. The Kier molecular flexibility index (Phi) is 7.59. The average molecular weight is 475 g/mol. The van der Waals surface area contributed by atoms with Crippen molar-refractivity contribution in [2.45, 2.75) is 34.1 Å². The average Bonchev–Trinajstić information content (AvgIpc) is 2.81. The van der Waals surface area contributed by atoms with Crippen molar-refractivity contribution in [2.24, 2.45) is 5.41 Å². The van der Waals surface area contributed by atoms with Gasteiger partial charge >= 0.3 is 12.0 Å². The second-order valence-electron chi connectivity index (χ2n) is 9.16. The molecule has 0 aliphatic heterocycles. The third-order valence-electron chi connectivity index (χ3n) is 5.94. The molecule has 3 N–H and O–H groups in total. The van der Waals surface area contributed by atoms with Crippen LogP contribution in [0.25, 0.3) is 11.1 Å². The number of amides is 2. The Morgan fingerprint density at radius 2 is 1.51 bits per heavy atom. The summed E-state index contributed by atoms with van der Waals surface area (Å²) in [7, 11) is 1.53. The molecule has 0 spiro atoms. The number of urea groups is 1. The van der Waals surface area contributed by atoms with Crippen molar-refractivity contribution < 1.29 is 24.2 Å². The fourth-order valence-electron chi connectivity index (χ4n) is 3.51. The molecule has 7 nitrogen and oxygen atoms in total. The van der Waals surface area contributed by atoms with Gasteiger partial charge in [-0.25, -0.2) is 4.79 Å². The molecule has 35 heavy (non-hydrogen) atoms. The molecule has 2 amide bonds. The molecule has 0 heterocycles. The Labute approximate surface area is 205 Å². The van der Waals surface area contributed by atoms with Crippen LogP contribution in [0.15, 0.2) is 60.7 Å². The molecule has 0 saturated carbocycles. The summed E-state index contributed by atoms with van der Waals surface area (Å²) in [4.78, 5) is 36.3. The number of carboxylic acid groups (broad SMARTS) is 1. The van der Waals surface area contributed by atoms with E-state index in [0.29, 0.717) is 22.7 Å². The van der Waals surface area contributed by atoms with Gasteiger partial charge in [-0.2, -0.15) is 0 Å². The number of hydrogen-bond acceptors (Lipinski definition) is 4. The maximum absolute atomic E-state index is 12.5. The number of anilines is 2. The van der Waals surface area contributed by atoms with Gasteiger partial charge in [0.15, 0.2) is 5.78 Å². The molecule has 3 aromatic rings. The zero-order valence-corrected chi connectivity index (χ0v) is 20.6. The molecule has 0 radical (unpaired) electrons. The van der Waals surface area contributed by atoms with Crippen LogP contribution in [-0.2, 0) is 4.79 Å². The number of methoxy groups -OCH3 is 1. The van der Waals surface area contributed by atoms with Gasteiger partial charge in [0.2, 0.25) is 0 Å². The monoisotopic (exact) mass is 474 g/mol. The van der Waals surface area contributed by atoms with Crippen LogP contribution in [0.3, 0.4) is 0 Å². The molecule has 3 rings (SSSR count). The van der Waals surface area contributed by atoms with Crippen molar-refractivity contribution in [3.8, 4) is 16.9 Å². The number of carboxylic acids is 1. The normalized spacial score (nSPS) is 11.0. The van der Waals surface area contributed by atoms with Crippen molar-refractivity contribution in [1.82, 2.24) is 0 Å². The van der Waals surface area contributed by atoms with E-state index in [4.69, 9.17) is 4.74 Å². The van der Waals surface area contributed by atoms with E-state index in [0.717, 1.165) is 22.3 Å². The predicted molar refractivity (Wildman–Crippen MR) is 137 cm³/mol. The predicted octanol–water partition coefficient (Wildman–Crippen LogP) is 6.31. The Morgan fingerprint density at radius 3 is 2.11 bits per heavy atom. The summed E-state index contributed by atoms with van der Waals surface area (Å²) in [5, 5.41) is 14.9. The minimum absolute atomic E-state index is 0.0832. The molecule has 7 heteroatoms.